The predicted molar refractivity (Wildman–Crippen MR) is 71.3 cm³/mol. The summed E-state index contributed by atoms with van der Waals surface area (Å²) >= 11 is 0. The van der Waals surface area contributed by atoms with Gasteiger partial charge < -0.3 is 14.4 Å². The van der Waals surface area contributed by atoms with Gasteiger partial charge in [0.15, 0.2) is 0 Å². The van der Waals surface area contributed by atoms with Gasteiger partial charge >= 0.3 is 5.97 Å². The van der Waals surface area contributed by atoms with Crippen LogP contribution < -0.4 is 4.74 Å². The fourth-order valence-electron chi connectivity index (χ4n) is 2.21. The molecular weight excluding hydrogens is 244 g/mol. The van der Waals surface area contributed by atoms with Crippen molar-refractivity contribution in [3.63, 3.8) is 0 Å². The molecular formula is C14H20N2O3. The van der Waals surface area contributed by atoms with E-state index in [0.717, 1.165) is 13.0 Å². The van der Waals surface area contributed by atoms with Crippen LogP contribution in [0.5, 0.6) is 5.75 Å². The first-order valence-corrected chi connectivity index (χ1v) is 6.66. The van der Waals surface area contributed by atoms with Crippen molar-refractivity contribution in [3.8, 4) is 5.75 Å². The molecule has 0 amide bonds. The second-order valence-electron chi connectivity index (χ2n) is 4.72. The van der Waals surface area contributed by atoms with Gasteiger partial charge in [-0.1, -0.05) is 0 Å². The molecule has 1 aromatic rings. The molecule has 1 aliphatic rings. The maximum atomic E-state index is 11.6. The molecule has 0 spiro atoms. The summed E-state index contributed by atoms with van der Waals surface area (Å²) in [4.78, 5) is 17.9. The Morgan fingerprint density at radius 3 is 3.05 bits per heavy atom. The number of carbonyl (C=O) groups is 1. The number of ether oxygens (including phenoxy) is 2. The highest BCUT2D eigenvalue weighted by Gasteiger charge is 2.21. The normalized spacial score (nSPS) is 19.4. The van der Waals surface area contributed by atoms with Crippen molar-refractivity contribution < 1.29 is 14.3 Å². The summed E-state index contributed by atoms with van der Waals surface area (Å²) in [7, 11) is 2.11. The molecule has 104 valence electrons. The highest BCUT2D eigenvalue weighted by Crippen LogP contribution is 2.18. The van der Waals surface area contributed by atoms with Crippen molar-refractivity contribution in [2.24, 2.45) is 0 Å². The van der Waals surface area contributed by atoms with Gasteiger partial charge in [-0.2, -0.15) is 0 Å². The first kappa shape index (κ1) is 13.8. The van der Waals surface area contributed by atoms with E-state index < -0.39 is 0 Å². The quantitative estimate of drug-likeness (QED) is 0.758. The number of likely N-dealkylation sites (tertiary alicyclic amines) is 1. The summed E-state index contributed by atoms with van der Waals surface area (Å²) in [6.07, 6.45) is 5.48. The lowest BCUT2D eigenvalue weighted by Crippen LogP contribution is -2.30. The van der Waals surface area contributed by atoms with Crippen LogP contribution in [0.25, 0.3) is 0 Å². The van der Waals surface area contributed by atoms with Crippen LogP contribution in [-0.4, -0.2) is 48.7 Å². The Balaban J connectivity index is 1.93. The maximum absolute atomic E-state index is 11.6. The molecule has 0 radical (unpaired) electrons. The fraction of sp³-hybridized carbons (Fsp3) is 0.571. The highest BCUT2D eigenvalue weighted by molar-refractivity contribution is 5.89. The summed E-state index contributed by atoms with van der Waals surface area (Å²) in [6, 6.07) is 2.13. The van der Waals surface area contributed by atoms with Crippen molar-refractivity contribution in [2.45, 2.75) is 25.8 Å². The first-order valence-electron chi connectivity index (χ1n) is 6.66. The molecule has 1 saturated heterocycles. The van der Waals surface area contributed by atoms with Crippen LogP contribution in [0.4, 0.5) is 0 Å². The van der Waals surface area contributed by atoms with Crippen LogP contribution in [0.15, 0.2) is 18.5 Å². The van der Waals surface area contributed by atoms with Gasteiger partial charge in [0.2, 0.25) is 0 Å². The molecule has 1 aliphatic heterocycles. The van der Waals surface area contributed by atoms with Crippen molar-refractivity contribution >= 4 is 5.97 Å². The van der Waals surface area contributed by atoms with Crippen molar-refractivity contribution in [3.05, 3.63) is 24.0 Å². The van der Waals surface area contributed by atoms with Gasteiger partial charge in [0.05, 0.1) is 18.4 Å². The second-order valence-corrected chi connectivity index (χ2v) is 4.72. The van der Waals surface area contributed by atoms with E-state index in [2.05, 4.69) is 16.9 Å². The molecule has 0 aromatic carbocycles. The van der Waals surface area contributed by atoms with Gasteiger partial charge in [0.1, 0.15) is 12.4 Å². The van der Waals surface area contributed by atoms with E-state index >= 15 is 0 Å². The molecule has 2 heterocycles. The summed E-state index contributed by atoms with van der Waals surface area (Å²) < 4.78 is 10.7. The highest BCUT2D eigenvalue weighted by atomic mass is 16.5. The van der Waals surface area contributed by atoms with E-state index in [0.29, 0.717) is 30.6 Å². The van der Waals surface area contributed by atoms with Gasteiger partial charge in [-0.15, -0.1) is 0 Å². The fourth-order valence-corrected chi connectivity index (χ4v) is 2.21. The summed E-state index contributed by atoms with van der Waals surface area (Å²) in [6.45, 7) is 3.89. The average Bonchev–Trinajstić information content (AvgIpc) is 2.82. The largest absolute Gasteiger partial charge is 0.490 e. The van der Waals surface area contributed by atoms with Crippen molar-refractivity contribution in [1.29, 1.82) is 0 Å². The number of pyridine rings is 1. The minimum Gasteiger partial charge on any atom is -0.490 e. The molecule has 5 heteroatoms. The topological polar surface area (TPSA) is 51.7 Å². The Morgan fingerprint density at radius 1 is 1.53 bits per heavy atom. The zero-order valence-corrected chi connectivity index (χ0v) is 11.5. The van der Waals surface area contributed by atoms with Crippen molar-refractivity contribution in [2.75, 3.05) is 26.8 Å². The molecule has 0 unspecified atom stereocenters. The number of hydrogen-bond donors (Lipinski definition) is 0. The number of rotatable bonds is 5. The molecule has 0 aliphatic carbocycles. The van der Waals surface area contributed by atoms with Crippen LogP contribution in [0.1, 0.15) is 30.1 Å². The third-order valence-electron chi connectivity index (χ3n) is 3.34. The van der Waals surface area contributed by atoms with E-state index in [9.17, 15) is 4.79 Å². The number of esters is 1. The average molecular weight is 264 g/mol. The van der Waals surface area contributed by atoms with E-state index in [1.54, 1.807) is 19.2 Å². The number of hydrogen-bond acceptors (Lipinski definition) is 5. The summed E-state index contributed by atoms with van der Waals surface area (Å²) in [5.74, 6) is 0.254. The SMILES string of the molecule is CCOC(=O)c1cncc(OC[C@@H]2CCCN2C)c1. The predicted octanol–water partition coefficient (Wildman–Crippen LogP) is 1.73. The molecule has 1 atom stereocenters. The van der Waals surface area contributed by atoms with Crippen LogP contribution in [0.2, 0.25) is 0 Å². The molecule has 1 fully saturated rings. The van der Waals surface area contributed by atoms with Gasteiger partial charge in [-0.3, -0.25) is 4.98 Å². The molecule has 0 saturated carbocycles. The third-order valence-corrected chi connectivity index (χ3v) is 3.34. The standard InChI is InChI=1S/C14H20N2O3/c1-3-18-14(17)11-7-13(9-15-8-11)19-10-12-5-4-6-16(12)2/h7-9,12H,3-6,10H2,1-2H3/t12-/m0/s1. The first-order chi connectivity index (χ1) is 9.20. The molecule has 0 bridgehead atoms. The Hall–Kier alpha value is -1.62. The Labute approximate surface area is 113 Å². The second kappa shape index (κ2) is 6.52. The smallest absolute Gasteiger partial charge is 0.339 e. The minimum atomic E-state index is -0.363. The monoisotopic (exact) mass is 264 g/mol. The van der Waals surface area contributed by atoms with Crippen LogP contribution in [0.3, 0.4) is 0 Å². The van der Waals surface area contributed by atoms with E-state index in [4.69, 9.17) is 9.47 Å². The lowest BCUT2D eigenvalue weighted by Gasteiger charge is -2.19. The summed E-state index contributed by atoms with van der Waals surface area (Å²) in [5, 5.41) is 0. The molecule has 0 N–H and O–H groups in total. The van der Waals surface area contributed by atoms with Gasteiger partial charge in [-0.25, -0.2) is 4.79 Å². The zero-order valence-electron chi connectivity index (χ0n) is 11.5. The minimum absolute atomic E-state index is 0.358. The van der Waals surface area contributed by atoms with Crippen molar-refractivity contribution in [1.82, 2.24) is 9.88 Å². The zero-order chi connectivity index (χ0) is 13.7. The van der Waals surface area contributed by atoms with Gasteiger partial charge in [0.25, 0.3) is 0 Å². The Morgan fingerprint density at radius 2 is 2.37 bits per heavy atom. The molecule has 5 nitrogen and oxygen atoms in total. The number of carbonyl (C=O) groups excluding carboxylic acids is 1. The van der Waals surface area contributed by atoms with Crippen LogP contribution >= 0.6 is 0 Å². The third kappa shape index (κ3) is 3.67. The lowest BCUT2D eigenvalue weighted by molar-refractivity contribution is 0.0525. The van der Waals surface area contributed by atoms with Gasteiger partial charge in [-0.05, 0) is 39.4 Å². The summed E-state index contributed by atoms with van der Waals surface area (Å²) in [5.41, 5.74) is 0.430. The Bertz CT molecular complexity index is 436. The number of nitrogens with zero attached hydrogens (tertiary/aromatic N) is 2. The van der Waals surface area contributed by atoms with E-state index in [1.807, 2.05) is 0 Å². The number of likely N-dealkylation sites (N-methyl/N-ethyl adjacent to an activating group) is 1. The van der Waals surface area contributed by atoms with E-state index in [1.165, 1.54) is 12.6 Å². The lowest BCUT2D eigenvalue weighted by atomic mass is 10.2. The number of aromatic nitrogens is 1. The molecule has 19 heavy (non-hydrogen) atoms. The molecule has 1 aromatic heterocycles. The molecule has 2 rings (SSSR count). The Kier molecular flexibility index (Phi) is 4.74. The van der Waals surface area contributed by atoms with E-state index in [-0.39, 0.29) is 5.97 Å². The van der Waals surface area contributed by atoms with Crippen LogP contribution in [-0.2, 0) is 4.74 Å². The van der Waals surface area contributed by atoms with Crippen LogP contribution in [0, 0.1) is 0 Å². The maximum Gasteiger partial charge on any atom is 0.339 e. The van der Waals surface area contributed by atoms with Gasteiger partial charge in [0, 0.05) is 12.2 Å².